The Bertz CT molecular complexity index is 405. The molecule has 94 valence electrons. The van der Waals surface area contributed by atoms with Crippen LogP contribution in [0.2, 0.25) is 0 Å². The predicted octanol–water partition coefficient (Wildman–Crippen LogP) is 3.75. The van der Waals surface area contributed by atoms with Crippen LogP contribution in [0.4, 0.5) is 8.78 Å². The van der Waals surface area contributed by atoms with Gasteiger partial charge < -0.3 is 5.11 Å². The molecule has 1 saturated carbocycles. The summed E-state index contributed by atoms with van der Waals surface area (Å²) >= 11 is 0. The van der Waals surface area contributed by atoms with Crippen LogP contribution >= 0.6 is 0 Å². The van der Waals surface area contributed by atoms with Crippen LogP contribution in [-0.4, -0.2) is 5.11 Å². The van der Waals surface area contributed by atoms with Gasteiger partial charge in [0.05, 0.1) is 5.60 Å². The Labute approximate surface area is 100 Å². The van der Waals surface area contributed by atoms with E-state index in [0.29, 0.717) is 18.8 Å². The normalized spacial score (nSPS) is 29.3. The van der Waals surface area contributed by atoms with E-state index < -0.39 is 17.2 Å². The summed E-state index contributed by atoms with van der Waals surface area (Å²) in [6.45, 7) is 2.07. The highest BCUT2D eigenvalue weighted by atomic mass is 19.1. The minimum atomic E-state index is -1.19. The molecule has 0 aromatic heterocycles. The number of hydrogen-bond acceptors (Lipinski definition) is 1. The van der Waals surface area contributed by atoms with E-state index in [1.165, 1.54) is 0 Å². The molecule has 1 aliphatic carbocycles. The van der Waals surface area contributed by atoms with Crippen molar-refractivity contribution in [3.8, 4) is 0 Å². The lowest BCUT2D eigenvalue weighted by Crippen LogP contribution is -2.33. The number of hydrogen-bond donors (Lipinski definition) is 1. The quantitative estimate of drug-likeness (QED) is 0.834. The Morgan fingerprint density at radius 3 is 2.88 bits per heavy atom. The topological polar surface area (TPSA) is 20.2 Å². The largest absolute Gasteiger partial charge is 0.385 e. The summed E-state index contributed by atoms with van der Waals surface area (Å²) < 4.78 is 26.9. The smallest absolute Gasteiger partial charge is 0.129 e. The zero-order valence-corrected chi connectivity index (χ0v) is 10.0. The van der Waals surface area contributed by atoms with Crippen LogP contribution in [0, 0.1) is 17.6 Å². The third-order valence-corrected chi connectivity index (χ3v) is 3.84. The first-order valence-corrected chi connectivity index (χ1v) is 6.23. The number of benzene rings is 1. The van der Waals surface area contributed by atoms with Gasteiger partial charge in [-0.25, -0.2) is 8.78 Å². The maximum absolute atomic E-state index is 13.7. The minimum Gasteiger partial charge on any atom is -0.385 e. The van der Waals surface area contributed by atoms with E-state index in [1.807, 2.05) is 0 Å². The van der Waals surface area contributed by atoms with E-state index in [9.17, 15) is 13.9 Å². The molecular formula is C14H18F2O. The Morgan fingerprint density at radius 1 is 1.41 bits per heavy atom. The van der Waals surface area contributed by atoms with Gasteiger partial charge in [0.25, 0.3) is 0 Å². The number of halogens is 2. The van der Waals surface area contributed by atoms with Gasteiger partial charge in [0.15, 0.2) is 0 Å². The monoisotopic (exact) mass is 240 g/mol. The van der Waals surface area contributed by atoms with Crippen molar-refractivity contribution in [3.05, 3.63) is 35.4 Å². The van der Waals surface area contributed by atoms with Crippen LogP contribution in [0.25, 0.3) is 0 Å². The number of rotatable bonds is 2. The van der Waals surface area contributed by atoms with E-state index in [4.69, 9.17) is 0 Å². The fourth-order valence-corrected chi connectivity index (χ4v) is 2.81. The summed E-state index contributed by atoms with van der Waals surface area (Å²) in [5.41, 5.74) is -1.07. The van der Waals surface area contributed by atoms with Crippen molar-refractivity contribution in [2.24, 2.45) is 5.92 Å². The van der Waals surface area contributed by atoms with Crippen LogP contribution in [0.15, 0.2) is 18.2 Å². The van der Waals surface area contributed by atoms with E-state index in [2.05, 4.69) is 6.92 Å². The molecule has 0 aliphatic heterocycles. The van der Waals surface area contributed by atoms with Gasteiger partial charge >= 0.3 is 0 Å². The predicted molar refractivity (Wildman–Crippen MR) is 62.5 cm³/mol. The van der Waals surface area contributed by atoms with Crippen molar-refractivity contribution in [1.29, 1.82) is 0 Å². The molecule has 0 bridgehead atoms. The van der Waals surface area contributed by atoms with Crippen LogP contribution in [0.5, 0.6) is 0 Å². The summed E-state index contributed by atoms with van der Waals surface area (Å²) in [7, 11) is 0. The first-order chi connectivity index (χ1) is 8.05. The fraction of sp³-hybridized carbons (Fsp3) is 0.571. The van der Waals surface area contributed by atoms with Gasteiger partial charge in [0.2, 0.25) is 0 Å². The highest BCUT2D eigenvalue weighted by Crippen LogP contribution is 2.41. The fourth-order valence-electron chi connectivity index (χ4n) is 2.81. The van der Waals surface area contributed by atoms with Crippen LogP contribution in [-0.2, 0) is 5.60 Å². The van der Waals surface area contributed by atoms with Crippen molar-refractivity contribution in [1.82, 2.24) is 0 Å². The van der Waals surface area contributed by atoms with Crippen molar-refractivity contribution in [2.45, 2.75) is 44.6 Å². The molecule has 1 N–H and O–H groups in total. The Kier molecular flexibility index (Phi) is 3.48. The molecule has 3 heteroatoms. The van der Waals surface area contributed by atoms with Crippen LogP contribution in [0.1, 0.15) is 44.6 Å². The molecule has 17 heavy (non-hydrogen) atoms. The van der Waals surface area contributed by atoms with Gasteiger partial charge in [-0.05, 0) is 43.4 Å². The molecule has 1 aromatic rings. The van der Waals surface area contributed by atoms with Gasteiger partial charge in [-0.2, -0.15) is 0 Å². The second-order valence-electron chi connectivity index (χ2n) is 5.03. The van der Waals surface area contributed by atoms with Gasteiger partial charge in [-0.3, -0.25) is 0 Å². The summed E-state index contributed by atoms with van der Waals surface area (Å²) in [6, 6.07) is 3.31. The van der Waals surface area contributed by atoms with Crippen molar-refractivity contribution in [2.75, 3.05) is 0 Å². The van der Waals surface area contributed by atoms with Crippen molar-refractivity contribution < 1.29 is 13.9 Å². The maximum atomic E-state index is 13.7. The summed E-state index contributed by atoms with van der Waals surface area (Å²) in [6.07, 6.45) is 3.95. The van der Waals surface area contributed by atoms with E-state index in [-0.39, 0.29) is 5.56 Å². The van der Waals surface area contributed by atoms with Crippen LogP contribution in [0.3, 0.4) is 0 Å². The van der Waals surface area contributed by atoms with E-state index >= 15 is 0 Å². The second-order valence-corrected chi connectivity index (χ2v) is 5.03. The Hall–Kier alpha value is -0.960. The molecule has 2 unspecified atom stereocenters. The molecule has 2 atom stereocenters. The van der Waals surface area contributed by atoms with E-state index in [1.54, 1.807) is 0 Å². The highest BCUT2D eigenvalue weighted by molar-refractivity contribution is 5.26. The van der Waals surface area contributed by atoms with Crippen molar-refractivity contribution >= 4 is 0 Å². The maximum Gasteiger partial charge on any atom is 0.129 e. The van der Waals surface area contributed by atoms with Gasteiger partial charge in [-0.1, -0.05) is 19.8 Å². The lowest BCUT2D eigenvalue weighted by molar-refractivity contribution is -0.0247. The lowest BCUT2D eigenvalue weighted by Gasteiger charge is -2.37. The third kappa shape index (κ3) is 2.49. The second kappa shape index (κ2) is 4.73. The lowest BCUT2D eigenvalue weighted by atomic mass is 9.73. The molecule has 1 nitrogen and oxygen atoms in total. The van der Waals surface area contributed by atoms with Gasteiger partial charge in [0.1, 0.15) is 11.6 Å². The molecule has 0 heterocycles. The van der Waals surface area contributed by atoms with Crippen molar-refractivity contribution in [3.63, 3.8) is 0 Å². The summed E-state index contributed by atoms with van der Waals surface area (Å²) in [4.78, 5) is 0. The molecular weight excluding hydrogens is 222 g/mol. The summed E-state index contributed by atoms with van der Waals surface area (Å²) in [5.74, 6) is -0.601. The average Bonchev–Trinajstić information content (AvgIpc) is 2.32. The molecule has 1 aliphatic rings. The van der Waals surface area contributed by atoms with Gasteiger partial charge in [0, 0.05) is 5.56 Å². The Balaban J connectivity index is 2.33. The molecule has 0 spiro atoms. The minimum absolute atomic E-state index is 0.121. The molecule has 1 fully saturated rings. The first kappa shape index (κ1) is 12.5. The average molecular weight is 240 g/mol. The number of aliphatic hydroxyl groups is 1. The van der Waals surface area contributed by atoms with Gasteiger partial charge in [-0.15, -0.1) is 0 Å². The Morgan fingerprint density at radius 2 is 2.18 bits per heavy atom. The molecule has 0 radical (unpaired) electrons. The third-order valence-electron chi connectivity index (χ3n) is 3.84. The molecule has 0 saturated heterocycles. The summed E-state index contributed by atoms with van der Waals surface area (Å²) in [5, 5.41) is 10.5. The van der Waals surface area contributed by atoms with Crippen LogP contribution < -0.4 is 0 Å². The molecule has 0 amide bonds. The zero-order valence-electron chi connectivity index (χ0n) is 10.0. The highest BCUT2D eigenvalue weighted by Gasteiger charge is 2.37. The SMILES string of the molecule is CCC1CCCC(O)(c2cc(F)ccc2F)C1. The zero-order chi connectivity index (χ0) is 12.5. The standard InChI is InChI=1S/C14H18F2O/c1-2-10-4-3-7-14(17,9-10)12-8-11(15)5-6-13(12)16/h5-6,8,10,17H,2-4,7,9H2,1H3. The molecule has 2 rings (SSSR count). The molecule has 1 aromatic carbocycles. The van der Waals surface area contributed by atoms with E-state index in [0.717, 1.165) is 37.5 Å². The first-order valence-electron chi connectivity index (χ1n) is 6.23.